The first-order chi connectivity index (χ1) is 11.9. The SMILES string of the molecule is CC(C)(C)n1cnc(NC(=O)NC[C@@H]2C[C@H](c3ccccc3)CO2)n1. The third kappa shape index (κ3) is 4.57. The molecule has 2 N–H and O–H groups in total. The Morgan fingerprint density at radius 1 is 1.32 bits per heavy atom. The second-order valence-corrected chi connectivity index (χ2v) is 7.32. The molecular formula is C18H25N5O2. The first kappa shape index (κ1) is 17.4. The zero-order valence-electron chi connectivity index (χ0n) is 14.9. The number of carbonyl (C=O) groups excluding carboxylic acids is 1. The van der Waals surface area contributed by atoms with Crippen molar-refractivity contribution in [1.29, 1.82) is 0 Å². The summed E-state index contributed by atoms with van der Waals surface area (Å²) in [4.78, 5) is 16.1. The molecule has 134 valence electrons. The van der Waals surface area contributed by atoms with Crippen LogP contribution in [0.3, 0.4) is 0 Å². The van der Waals surface area contributed by atoms with Gasteiger partial charge in [0.2, 0.25) is 5.95 Å². The van der Waals surface area contributed by atoms with Crippen LogP contribution in [0, 0.1) is 0 Å². The third-order valence-corrected chi connectivity index (χ3v) is 4.25. The van der Waals surface area contributed by atoms with Crippen molar-refractivity contribution in [3.63, 3.8) is 0 Å². The molecule has 7 heteroatoms. The van der Waals surface area contributed by atoms with Gasteiger partial charge in [-0.05, 0) is 32.8 Å². The number of aromatic nitrogens is 3. The fraction of sp³-hybridized carbons (Fsp3) is 0.500. The zero-order chi connectivity index (χ0) is 17.9. The van der Waals surface area contributed by atoms with Crippen molar-refractivity contribution in [3.8, 4) is 0 Å². The van der Waals surface area contributed by atoms with E-state index in [-0.39, 0.29) is 17.7 Å². The summed E-state index contributed by atoms with van der Waals surface area (Å²) in [6.45, 7) is 7.22. The molecule has 1 aliphatic rings. The Morgan fingerprint density at radius 2 is 2.08 bits per heavy atom. The summed E-state index contributed by atoms with van der Waals surface area (Å²) in [7, 11) is 0. The van der Waals surface area contributed by atoms with Crippen LogP contribution >= 0.6 is 0 Å². The Balaban J connectivity index is 1.45. The van der Waals surface area contributed by atoms with Gasteiger partial charge in [-0.2, -0.15) is 0 Å². The van der Waals surface area contributed by atoms with Crippen LogP contribution in [0.4, 0.5) is 10.7 Å². The summed E-state index contributed by atoms with van der Waals surface area (Å²) in [6.07, 6.45) is 2.54. The van der Waals surface area contributed by atoms with Gasteiger partial charge in [0.1, 0.15) is 6.33 Å². The van der Waals surface area contributed by atoms with Crippen molar-refractivity contribution < 1.29 is 9.53 Å². The van der Waals surface area contributed by atoms with Crippen molar-refractivity contribution >= 4 is 12.0 Å². The van der Waals surface area contributed by atoms with Crippen molar-refractivity contribution in [2.75, 3.05) is 18.5 Å². The van der Waals surface area contributed by atoms with Gasteiger partial charge in [0, 0.05) is 12.5 Å². The fourth-order valence-corrected chi connectivity index (χ4v) is 2.80. The molecule has 2 aromatic rings. The number of nitrogens with zero attached hydrogens (tertiary/aromatic N) is 3. The highest BCUT2D eigenvalue weighted by Crippen LogP contribution is 2.28. The van der Waals surface area contributed by atoms with Gasteiger partial charge in [-0.1, -0.05) is 30.3 Å². The number of rotatable bonds is 4. The maximum Gasteiger partial charge on any atom is 0.321 e. The number of ether oxygens (including phenoxy) is 1. The number of amides is 2. The van der Waals surface area contributed by atoms with E-state index in [1.807, 2.05) is 39.0 Å². The van der Waals surface area contributed by atoms with Crippen LogP contribution in [0.15, 0.2) is 36.7 Å². The van der Waals surface area contributed by atoms with Crippen LogP contribution in [-0.2, 0) is 10.3 Å². The van der Waals surface area contributed by atoms with E-state index >= 15 is 0 Å². The smallest absolute Gasteiger partial charge is 0.321 e. The van der Waals surface area contributed by atoms with Gasteiger partial charge in [-0.25, -0.2) is 14.5 Å². The van der Waals surface area contributed by atoms with Crippen molar-refractivity contribution in [1.82, 2.24) is 20.1 Å². The molecule has 25 heavy (non-hydrogen) atoms. The first-order valence-electron chi connectivity index (χ1n) is 8.55. The monoisotopic (exact) mass is 343 g/mol. The quantitative estimate of drug-likeness (QED) is 0.894. The van der Waals surface area contributed by atoms with Gasteiger partial charge in [0.05, 0.1) is 18.2 Å². The van der Waals surface area contributed by atoms with Gasteiger partial charge in [-0.15, -0.1) is 5.10 Å². The van der Waals surface area contributed by atoms with Crippen LogP contribution in [0.2, 0.25) is 0 Å². The summed E-state index contributed by atoms with van der Waals surface area (Å²) < 4.78 is 7.51. The predicted molar refractivity (Wildman–Crippen MR) is 95.6 cm³/mol. The molecule has 1 aromatic carbocycles. The van der Waals surface area contributed by atoms with E-state index in [0.717, 1.165) is 6.42 Å². The van der Waals surface area contributed by atoms with E-state index in [9.17, 15) is 4.79 Å². The maximum atomic E-state index is 12.0. The van der Waals surface area contributed by atoms with E-state index in [0.29, 0.717) is 25.0 Å². The molecule has 0 aliphatic carbocycles. The van der Waals surface area contributed by atoms with Gasteiger partial charge < -0.3 is 10.1 Å². The Bertz CT molecular complexity index is 708. The molecule has 1 aromatic heterocycles. The van der Waals surface area contributed by atoms with Gasteiger partial charge in [0.15, 0.2) is 0 Å². The normalized spacial score (nSPS) is 20.4. The second kappa shape index (κ2) is 7.23. The number of nitrogens with one attached hydrogen (secondary N) is 2. The van der Waals surface area contributed by atoms with Gasteiger partial charge >= 0.3 is 6.03 Å². The predicted octanol–water partition coefficient (Wildman–Crippen LogP) is 2.73. The van der Waals surface area contributed by atoms with E-state index in [4.69, 9.17) is 4.74 Å². The lowest BCUT2D eigenvalue weighted by Crippen LogP contribution is -2.35. The molecule has 1 saturated heterocycles. The molecule has 0 spiro atoms. The van der Waals surface area contributed by atoms with Crippen molar-refractivity contribution in [2.45, 2.75) is 44.8 Å². The zero-order valence-corrected chi connectivity index (χ0v) is 14.9. The molecule has 2 atom stereocenters. The van der Waals surface area contributed by atoms with Crippen molar-refractivity contribution in [3.05, 3.63) is 42.2 Å². The minimum absolute atomic E-state index is 0.0241. The molecule has 2 amide bonds. The Kier molecular flexibility index (Phi) is 5.03. The molecular weight excluding hydrogens is 318 g/mol. The molecule has 0 unspecified atom stereocenters. The largest absolute Gasteiger partial charge is 0.376 e. The molecule has 0 saturated carbocycles. The summed E-state index contributed by atoms with van der Waals surface area (Å²) in [5, 5.41) is 9.74. The maximum absolute atomic E-state index is 12.0. The standard InChI is InChI=1S/C18H25N5O2/c1-18(2,3)23-12-20-16(22-23)21-17(24)19-10-15-9-14(11-25-15)13-7-5-4-6-8-13/h4-8,12,14-15H,9-11H2,1-3H3,(H2,19,21,22,24)/t14-,15-/m0/s1. The second-order valence-electron chi connectivity index (χ2n) is 7.32. The summed E-state index contributed by atoms with van der Waals surface area (Å²) in [6, 6.07) is 10.0. The van der Waals surface area contributed by atoms with Crippen LogP contribution in [0.1, 0.15) is 38.7 Å². The van der Waals surface area contributed by atoms with Crippen molar-refractivity contribution in [2.24, 2.45) is 0 Å². The van der Waals surface area contributed by atoms with E-state index in [1.54, 1.807) is 11.0 Å². The molecule has 2 heterocycles. The number of hydrogen-bond donors (Lipinski definition) is 2. The van der Waals surface area contributed by atoms with Crippen LogP contribution < -0.4 is 10.6 Å². The molecule has 1 aliphatic heterocycles. The third-order valence-electron chi connectivity index (χ3n) is 4.25. The van der Waals surface area contributed by atoms with E-state index in [1.165, 1.54) is 5.56 Å². The van der Waals surface area contributed by atoms with E-state index < -0.39 is 0 Å². The highest BCUT2D eigenvalue weighted by Gasteiger charge is 2.27. The fourth-order valence-electron chi connectivity index (χ4n) is 2.80. The Labute approximate surface area is 147 Å². The minimum Gasteiger partial charge on any atom is -0.376 e. The lowest BCUT2D eigenvalue weighted by atomic mass is 9.96. The molecule has 7 nitrogen and oxygen atoms in total. The Morgan fingerprint density at radius 3 is 2.76 bits per heavy atom. The molecule has 0 bridgehead atoms. The van der Waals surface area contributed by atoms with E-state index in [2.05, 4.69) is 32.8 Å². The molecule has 1 fully saturated rings. The molecule has 0 radical (unpaired) electrons. The lowest BCUT2D eigenvalue weighted by molar-refractivity contribution is 0.110. The summed E-state index contributed by atoms with van der Waals surface area (Å²) >= 11 is 0. The van der Waals surface area contributed by atoms with Crippen LogP contribution in [0.5, 0.6) is 0 Å². The minimum atomic E-state index is -0.321. The summed E-state index contributed by atoms with van der Waals surface area (Å²) in [5.74, 6) is 0.683. The number of hydrogen-bond acceptors (Lipinski definition) is 4. The number of urea groups is 1. The van der Waals surface area contributed by atoms with Gasteiger partial charge in [-0.3, -0.25) is 5.32 Å². The van der Waals surface area contributed by atoms with Gasteiger partial charge in [0.25, 0.3) is 0 Å². The molecule has 3 rings (SSSR count). The highest BCUT2D eigenvalue weighted by atomic mass is 16.5. The average molecular weight is 343 g/mol. The lowest BCUT2D eigenvalue weighted by Gasteiger charge is -2.17. The topological polar surface area (TPSA) is 81.1 Å². The summed E-state index contributed by atoms with van der Waals surface area (Å²) in [5.41, 5.74) is 1.11. The van der Waals surface area contributed by atoms with Crippen LogP contribution in [-0.4, -0.2) is 40.1 Å². The van der Waals surface area contributed by atoms with Crippen LogP contribution in [0.25, 0.3) is 0 Å². The number of anilines is 1. The number of carbonyl (C=O) groups is 1. The Hall–Kier alpha value is -2.41. The first-order valence-corrected chi connectivity index (χ1v) is 8.55. The number of benzene rings is 1. The average Bonchev–Trinajstić information content (AvgIpc) is 3.23. The highest BCUT2D eigenvalue weighted by molar-refractivity contribution is 5.87.